The lowest BCUT2D eigenvalue weighted by molar-refractivity contribution is 0.0101. The Bertz CT molecular complexity index is 1070. The number of piperidine rings is 1. The average molecular weight is 402 g/mol. The number of likely N-dealkylation sites (tertiary alicyclic amines) is 1. The van der Waals surface area contributed by atoms with Gasteiger partial charge in [-0.3, -0.25) is 14.7 Å². The summed E-state index contributed by atoms with van der Waals surface area (Å²) < 4.78 is 2.36. The molecule has 2 aromatic heterocycles. The van der Waals surface area contributed by atoms with Crippen LogP contribution in [-0.4, -0.2) is 56.9 Å². The molecule has 4 heterocycles. The molecular weight excluding hydrogens is 374 g/mol. The second-order valence-electron chi connectivity index (χ2n) is 8.42. The van der Waals surface area contributed by atoms with Crippen molar-refractivity contribution in [1.82, 2.24) is 24.3 Å². The van der Waals surface area contributed by atoms with Crippen LogP contribution in [0.1, 0.15) is 34.6 Å². The monoisotopic (exact) mass is 401 g/mol. The number of likely N-dealkylation sites (N-methyl/N-ethyl adjacent to an activating group) is 1. The first-order valence-electron chi connectivity index (χ1n) is 10.6. The fraction of sp³-hybridized carbons (Fsp3) is 0.375. The van der Waals surface area contributed by atoms with E-state index in [2.05, 4.69) is 27.6 Å². The summed E-state index contributed by atoms with van der Waals surface area (Å²) >= 11 is 0. The van der Waals surface area contributed by atoms with Gasteiger partial charge in [-0.15, -0.1) is 0 Å². The fourth-order valence-corrected chi connectivity index (χ4v) is 5.02. The number of amides is 1. The van der Waals surface area contributed by atoms with E-state index in [1.807, 2.05) is 54.5 Å². The summed E-state index contributed by atoms with van der Waals surface area (Å²) in [5, 5.41) is 0. The minimum Gasteiger partial charge on any atom is -0.338 e. The van der Waals surface area contributed by atoms with Crippen molar-refractivity contribution in [2.24, 2.45) is 0 Å². The number of aromatic nitrogens is 3. The van der Waals surface area contributed by atoms with Crippen LogP contribution in [0, 0.1) is 6.92 Å². The summed E-state index contributed by atoms with van der Waals surface area (Å²) in [7, 11) is 2.20. The lowest BCUT2D eigenvalue weighted by Crippen LogP contribution is -2.57. The molecule has 2 aliphatic rings. The smallest absolute Gasteiger partial charge is 0.254 e. The summed E-state index contributed by atoms with van der Waals surface area (Å²) in [5.41, 5.74) is 3.95. The molecule has 154 valence electrons. The van der Waals surface area contributed by atoms with Gasteiger partial charge in [0.15, 0.2) is 0 Å². The van der Waals surface area contributed by atoms with Crippen LogP contribution < -0.4 is 0 Å². The van der Waals surface area contributed by atoms with Crippen LogP contribution in [0.15, 0.2) is 55.0 Å². The number of carbonyl (C=O) groups is 1. The fourth-order valence-electron chi connectivity index (χ4n) is 5.02. The highest BCUT2D eigenvalue weighted by Gasteiger charge is 2.46. The van der Waals surface area contributed by atoms with E-state index in [4.69, 9.17) is 4.98 Å². The highest BCUT2D eigenvalue weighted by Crippen LogP contribution is 2.41. The van der Waals surface area contributed by atoms with Gasteiger partial charge in [-0.1, -0.05) is 18.2 Å². The Labute approximate surface area is 177 Å². The molecule has 1 amide bonds. The highest BCUT2D eigenvalue weighted by molar-refractivity contribution is 5.95. The van der Waals surface area contributed by atoms with Gasteiger partial charge in [0.05, 0.1) is 17.4 Å². The van der Waals surface area contributed by atoms with Gasteiger partial charge >= 0.3 is 0 Å². The van der Waals surface area contributed by atoms with Gasteiger partial charge in [-0.2, -0.15) is 0 Å². The molecule has 1 spiro atoms. The number of rotatable bonds is 2. The van der Waals surface area contributed by atoms with Crippen LogP contribution in [0.3, 0.4) is 0 Å². The van der Waals surface area contributed by atoms with E-state index in [1.54, 1.807) is 6.20 Å². The van der Waals surface area contributed by atoms with E-state index in [0.717, 1.165) is 67.2 Å². The first-order valence-corrected chi connectivity index (χ1v) is 10.6. The largest absolute Gasteiger partial charge is 0.338 e. The Morgan fingerprint density at radius 1 is 1.00 bits per heavy atom. The molecule has 0 saturated carbocycles. The molecule has 5 rings (SSSR count). The number of aryl methyl sites for hydroxylation is 1. The van der Waals surface area contributed by atoms with E-state index in [-0.39, 0.29) is 11.4 Å². The number of fused-ring (bicyclic) bond motifs is 2. The zero-order chi connectivity index (χ0) is 20.7. The van der Waals surface area contributed by atoms with Gasteiger partial charge in [0.25, 0.3) is 5.91 Å². The van der Waals surface area contributed by atoms with Crippen molar-refractivity contribution in [2.45, 2.75) is 31.8 Å². The van der Waals surface area contributed by atoms with E-state index in [0.29, 0.717) is 0 Å². The minimum absolute atomic E-state index is 0.124. The maximum atomic E-state index is 13.1. The molecule has 0 aliphatic carbocycles. The van der Waals surface area contributed by atoms with E-state index >= 15 is 0 Å². The molecule has 0 unspecified atom stereocenters. The van der Waals surface area contributed by atoms with Gasteiger partial charge in [0.1, 0.15) is 5.82 Å². The molecule has 1 aromatic carbocycles. The first kappa shape index (κ1) is 19.0. The maximum absolute atomic E-state index is 13.1. The normalized spacial score (nSPS) is 18.4. The van der Waals surface area contributed by atoms with Crippen LogP contribution in [0.4, 0.5) is 0 Å². The van der Waals surface area contributed by atoms with Gasteiger partial charge in [-0.05, 0) is 50.6 Å². The molecule has 1 saturated heterocycles. The first-order chi connectivity index (χ1) is 14.6. The quantitative estimate of drug-likeness (QED) is 0.661. The molecule has 6 nitrogen and oxygen atoms in total. The van der Waals surface area contributed by atoms with E-state index < -0.39 is 0 Å². The molecule has 0 N–H and O–H groups in total. The van der Waals surface area contributed by atoms with Crippen molar-refractivity contribution in [3.8, 4) is 11.3 Å². The van der Waals surface area contributed by atoms with Crippen molar-refractivity contribution in [2.75, 3.05) is 26.7 Å². The molecule has 0 radical (unpaired) electrons. The SMILES string of the molecule is Cc1ccccc1C(=O)N1CCC2(CC1)c1ncc(-c3cccnc3)n1CCN2C. The van der Waals surface area contributed by atoms with Crippen molar-refractivity contribution in [1.29, 1.82) is 0 Å². The number of hydrogen-bond donors (Lipinski definition) is 0. The summed E-state index contributed by atoms with van der Waals surface area (Å²) in [4.78, 5) is 26.7. The van der Waals surface area contributed by atoms with Crippen LogP contribution in [0.5, 0.6) is 0 Å². The number of nitrogens with zero attached hydrogens (tertiary/aromatic N) is 5. The van der Waals surface area contributed by atoms with Gasteiger partial charge < -0.3 is 9.47 Å². The molecule has 1 fully saturated rings. The Balaban J connectivity index is 1.42. The number of imidazole rings is 1. The Hall–Kier alpha value is -2.99. The second-order valence-corrected chi connectivity index (χ2v) is 8.42. The average Bonchev–Trinajstić information content (AvgIpc) is 3.23. The summed E-state index contributed by atoms with van der Waals surface area (Å²) in [6.45, 7) is 5.38. The molecule has 6 heteroatoms. The van der Waals surface area contributed by atoms with Gasteiger partial charge in [0.2, 0.25) is 0 Å². The van der Waals surface area contributed by atoms with Crippen molar-refractivity contribution >= 4 is 5.91 Å². The van der Waals surface area contributed by atoms with Crippen LogP contribution in [0.2, 0.25) is 0 Å². The minimum atomic E-state index is -0.124. The molecule has 30 heavy (non-hydrogen) atoms. The molecule has 2 aliphatic heterocycles. The van der Waals surface area contributed by atoms with Crippen molar-refractivity contribution in [3.63, 3.8) is 0 Å². The number of hydrogen-bond acceptors (Lipinski definition) is 4. The second kappa shape index (κ2) is 7.36. The summed E-state index contributed by atoms with van der Waals surface area (Å²) in [5.74, 6) is 1.26. The predicted octanol–water partition coefficient (Wildman–Crippen LogP) is 3.33. The highest BCUT2D eigenvalue weighted by atomic mass is 16.2. The topological polar surface area (TPSA) is 54.3 Å². The van der Waals surface area contributed by atoms with Gasteiger partial charge in [-0.25, -0.2) is 4.98 Å². The molecule has 0 bridgehead atoms. The number of benzene rings is 1. The lowest BCUT2D eigenvalue weighted by atomic mass is 9.83. The Kier molecular flexibility index (Phi) is 4.66. The summed E-state index contributed by atoms with van der Waals surface area (Å²) in [6.07, 6.45) is 7.47. The standard InChI is InChI=1S/C24H27N5O/c1-18-6-3-4-8-20(18)22(30)28-12-9-24(10-13-28)23-26-17-21(19-7-5-11-25-16-19)29(23)15-14-27(24)2/h3-8,11,16-17H,9-10,12-15H2,1-2H3. The third-order valence-electron chi connectivity index (χ3n) is 6.87. The zero-order valence-corrected chi connectivity index (χ0v) is 17.6. The van der Waals surface area contributed by atoms with E-state index in [9.17, 15) is 4.79 Å². The molecule has 0 atom stereocenters. The Morgan fingerprint density at radius 2 is 1.80 bits per heavy atom. The summed E-state index contributed by atoms with van der Waals surface area (Å²) in [6, 6.07) is 11.9. The van der Waals surface area contributed by atoms with Gasteiger partial charge in [0, 0.05) is 49.7 Å². The van der Waals surface area contributed by atoms with Crippen LogP contribution in [-0.2, 0) is 12.1 Å². The van der Waals surface area contributed by atoms with Crippen LogP contribution >= 0.6 is 0 Å². The van der Waals surface area contributed by atoms with Crippen LogP contribution in [0.25, 0.3) is 11.3 Å². The molecule has 3 aromatic rings. The number of carbonyl (C=O) groups excluding carboxylic acids is 1. The number of pyridine rings is 1. The third-order valence-corrected chi connectivity index (χ3v) is 6.87. The predicted molar refractivity (Wildman–Crippen MR) is 116 cm³/mol. The molecular formula is C24H27N5O. The lowest BCUT2D eigenvalue weighted by Gasteiger charge is -2.49. The Morgan fingerprint density at radius 3 is 2.53 bits per heavy atom. The third kappa shape index (κ3) is 2.94. The zero-order valence-electron chi connectivity index (χ0n) is 17.6. The van der Waals surface area contributed by atoms with Crippen molar-refractivity contribution in [3.05, 3.63) is 71.9 Å². The van der Waals surface area contributed by atoms with Crippen molar-refractivity contribution < 1.29 is 4.79 Å². The maximum Gasteiger partial charge on any atom is 0.254 e. The van der Waals surface area contributed by atoms with E-state index in [1.165, 1.54) is 0 Å².